The molecule has 0 aromatic carbocycles. The average Bonchev–Trinajstić information content (AvgIpc) is 2.76. The molecular weight excluding hydrogens is 258 g/mol. The van der Waals surface area contributed by atoms with Crippen molar-refractivity contribution < 1.29 is 18.8 Å². The van der Waals surface area contributed by atoms with Crippen LogP contribution in [0.25, 0.3) is 0 Å². The number of ketones is 1. The zero-order valence-corrected chi connectivity index (χ0v) is 11.8. The minimum Gasteiger partial charge on any atom is -0.469 e. The van der Waals surface area contributed by atoms with Crippen LogP contribution < -0.4 is 0 Å². The van der Waals surface area contributed by atoms with Crippen molar-refractivity contribution in [3.05, 3.63) is 17.5 Å². The molecule has 3 aliphatic rings. The van der Waals surface area contributed by atoms with Gasteiger partial charge in [-0.05, 0) is 43.9 Å². The second kappa shape index (κ2) is 4.72. The zero-order valence-electron chi connectivity index (χ0n) is 11.8. The summed E-state index contributed by atoms with van der Waals surface area (Å²) in [5, 5.41) is 3.72. The number of Topliss-reactive ketones (excluding diaryl/α,β-unsaturated/α-hetero) is 1. The fourth-order valence-corrected chi connectivity index (χ4v) is 3.66. The highest BCUT2D eigenvalue weighted by Gasteiger charge is 2.57. The van der Waals surface area contributed by atoms with Crippen molar-refractivity contribution in [2.45, 2.75) is 39.0 Å². The standard InChI is InChI=1S/C15H19NO4/c1-9-3-12(16-20-9)13(17)4-11(14(18)19-2)8-15-5-10(6-15)7-15/h3,10-11H,4-8H2,1-2H3/t10?,11-,15?/m0/s1. The lowest BCUT2D eigenvalue weighted by Gasteiger charge is -2.63. The van der Waals surface area contributed by atoms with E-state index in [1.54, 1.807) is 13.0 Å². The van der Waals surface area contributed by atoms with Crippen LogP contribution in [0.5, 0.6) is 0 Å². The van der Waals surface area contributed by atoms with Crippen LogP contribution in [-0.4, -0.2) is 24.0 Å². The second-order valence-electron chi connectivity index (χ2n) is 6.35. The summed E-state index contributed by atoms with van der Waals surface area (Å²) in [6.07, 6.45) is 4.54. The van der Waals surface area contributed by atoms with Crippen LogP contribution in [0.4, 0.5) is 0 Å². The molecule has 0 spiro atoms. The van der Waals surface area contributed by atoms with Crippen LogP contribution in [0, 0.1) is 24.2 Å². The Morgan fingerprint density at radius 3 is 2.65 bits per heavy atom. The summed E-state index contributed by atoms with van der Waals surface area (Å²) in [7, 11) is 1.38. The lowest BCUT2D eigenvalue weighted by atomic mass is 9.42. The molecule has 5 nitrogen and oxygen atoms in total. The van der Waals surface area contributed by atoms with Crippen molar-refractivity contribution in [2.75, 3.05) is 7.11 Å². The summed E-state index contributed by atoms with van der Waals surface area (Å²) in [6, 6.07) is 1.61. The maximum absolute atomic E-state index is 12.2. The molecule has 0 amide bonds. The fourth-order valence-electron chi connectivity index (χ4n) is 3.66. The van der Waals surface area contributed by atoms with Gasteiger partial charge < -0.3 is 9.26 Å². The van der Waals surface area contributed by atoms with Crippen LogP contribution in [0.1, 0.15) is 48.4 Å². The van der Waals surface area contributed by atoms with Crippen molar-refractivity contribution >= 4 is 11.8 Å². The number of aryl methyl sites for hydroxylation is 1. The molecule has 1 aromatic rings. The maximum Gasteiger partial charge on any atom is 0.309 e. The van der Waals surface area contributed by atoms with Gasteiger partial charge in [-0.25, -0.2) is 0 Å². The number of nitrogens with zero attached hydrogens (tertiary/aromatic N) is 1. The highest BCUT2D eigenvalue weighted by atomic mass is 16.5. The number of aromatic nitrogens is 1. The van der Waals surface area contributed by atoms with E-state index in [2.05, 4.69) is 5.16 Å². The zero-order chi connectivity index (χ0) is 14.3. The van der Waals surface area contributed by atoms with E-state index < -0.39 is 0 Å². The highest BCUT2D eigenvalue weighted by molar-refractivity contribution is 5.96. The number of ether oxygens (including phenoxy) is 1. The number of methoxy groups -OCH3 is 1. The highest BCUT2D eigenvalue weighted by Crippen LogP contribution is 2.67. The maximum atomic E-state index is 12.2. The summed E-state index contributed by atoms with van der Waals surface area (Å²) >= 11 is 0. The first kappa shape index (κ1) is 13.3. The number of carbonyl (C=O) groups is 2. The third-order valence-corrected chi connectivity index (χ3v) is 4.72. The first-order chi connectivity index (χ1) is 9.51. The number of esters is 1. The summed E-state index contributed by atoms with van der Waals surface area (Å²) < 4.78 is 9.76. The molecule has 1 aromatic heterocycles. The molecule has 2 bridgehead atoms. The van der Waals surface area contributed by atoms with E-state index in [1.165, 1.54) is 26.4 Å². The van der Waals surface area contributed by atoms with Crippen LogP contribution in [0.15, 0.2) is 10.6 Å². The van der Waals surface area contributed by atoms with Crippen LogP contribution in [0.3, 0.4) is 0 Å². The third kappa shape index (κ3) is 2.25. The van der Waals surface area contributed by atoms with Gasteiger partial charge in [-0.3, -0.25) is 9.59 Å². The van der Waals surface area contributed by atoms with E-state index in [0.29, 0.717) is 16.9 Å². The van der Waals surface area contributed by atoms with Gasteiger partial charge in [0.15, 0.2) is 5.78 Å². The second-order valence-corrected chi connectivity index (χ2v) is 6.35. The quantitative estimate of drug-likeness (QED) is 0.590. The Morgan fingerprint density at radius 1 is 1.50 bits per heavy atom. The number of carbonyl (C=O) groups excluding carboxylic acids is 2. The van der Waals surface area contributed by atoms with Gasteiger partial charge in [-0.1, -0.05) is 5.16 Å². The molecule has 0 aliphatic heterocycles. The molecule has 5 heteroatoms. The minimum absolute atomic E-state index is 0.149. The molecule has 0 N–H and O–H groups in total. The number of hydrogen-bond donors (Lipinski definition) is 0. The van der Waals surface area contributed by atoms with Crippen molar-refractivity contribution in [1.29, 1.82) is 0 Å². The molecule has 108 valence electrons. The topological polar surface area (TPSA) is 69.4 Å². The van der Waals surface area contributed by atoms with Gasteiger partial charge in [0, 0.05) is 12.5 Å². The van der Waals surface area contributed by atoms with Gasteiger partial charge in [-0.15, -0.1) is 0 Å². The van der Waals surface area contributed by atoms with E-state index >= 15 is 0 Å². The Morgan fingerprint density at radius 2 is 2.20 bits per heavy atom. The van der Waals surface area contributed by atoms with Crippen LogP contribution in [-0.2, 0) is 9.53 Å². The summed E-state index contributed by atoms with van der Waals surface area (Å²) in [4.78, 5) is 24.1. The fraction of sp³-hybridized carbons (Fsp3) is 0.667. The normalized spacial score (nSPS) is 28.2. The number of hydrogen-bond acceptors (Lipinski definition) is 5. The predicted octanol–water partition coefficient (Wildman–Crippen LogP) is 2.54. The Balaban J connectivity index is 1.66. The van der Waals surface area contributed by atoms with Gasteiger partial charge in [0.25, 0.3) is 0 Å². The summed E-state index contributed by atoms with van der Waals surface area (Å²) in [5.41, 5.74) is 0.609. The molecule has 0 radical (unpaired) electrons. The molecule has 4 rings (SSSR count). The molecule has 1 atom stereocenters. The van der Waals surface area contributed by atoms with Crippen LogP contribution >= 0.6 is 0 Å². The molecule has 3 saturated carbocycles. The van der Waals surface area contributed by atoms with Gasteiger partial charge in [-0.2, -0.15) is 0 Å². The summed E-state index contributed by atoms with van der Waals surface area (Å²) in [5.74, 6) is 0.669. The molecule has 0 saturated heterocycles. The van der Waals surface area contributed by atoms with Gasteiger partial charge in [0.05, 0.1) is 13.0 Å². The first-order valence-electron chi connectivity index (χ1n) is 7.06. The molecule has 0 unspecified atom stereocenters. The molecule has 1 heterocycles. The van der Waals surface area contributed by atoms with E-state index in [-0.39, 0.29) is 24.1 Å². The lowest BCUT2D eigenvalue weighted by Crippen LogP contribution is -2.53. The predicted molar refractivity (Wildman–Crippen MR) is 70.1 cm³/mol. The van der Waals surface area contributed by atoms with Crippen molar-refractivity contribution in [2.24, 2.45) is 17.3 Å². The lowest BCUT2D eigenvalue weighted by molar-refractivity contribution is -0.157. The first-order valence-corrected chi connectivity index (χ1v) is 7.06. The smallest absolute Gasteiger partial charge is 0.309 e. The van der Waals surface area contributed by atoms with E-state index in [9.17, 15) is 9.59 Å². The molecule has 3 aliphatic carbocycles. The Labute approximate surface area is 117 Å². The molecule has 3 fully saturated rings. The monoisotopic (exact) mass is 277 g/mol. The largest absolute Gasteiger partial charge is 0.469 e. The van der Waals surface area contributed by atoms with Crippen molar-refractivity contribution in [3.63, 3.8) is 0 Å². The summed E-state index contributed by atoms with van der Waals surface area (Å²) in [6.45, 7) is 1.74. The van der Waals surface area contributed by atoms with Gasteiger partial charge in [0.1, 0.15) is 11.5 Å². The van der Waals surface area contributed by atoms with E-state index in [4.69, 9.17) is 9.26 Å². The number of rotatable bonds is 6. The molecule has 20 heavy (non-hydrogen) atoms. The van der Waals surface area contributed by atoms with Crippen molar-refractivity contribution in [1.82, 2.24) is 5.16 Å². The van der Waals surface area contributed by atoms with Gasteiger partial charge in [0.2, 0.25) is 0 Å². The Hall–Kier alpha value is -1.65. The van der Waals surface area contributed by atoms with E-state index in [1.807, 2.05) is 0 Å². The SMILES string of the molecule is COC(=O)[C@@H](CC(=O)c1cc(C)on1)CC12CC(C1)C2. The minimum atomic E-state index is -0.356. The van der Waals surface area contributed by atoms with Crippen LogP contribution in [0.2, 0.25) is 0 Å². The van der Waals surface area contributed by atoms with E-state index in [0.717, 1.165) is 12.3 Å². The van der Waals surface area contributed by atoms with Crippen molar-refractivity contribution in [3.8, 4) is 0 Å². The average molecular weight is 277 g/mol. The van der Waals surface area contributed by atoms with Gasteiger partial charge >= 0.3 is 5.97 Å². The Kier molecular flexibility index (Phi) is 3.15. The Bertz CT molecular complexity index is 531. The third-order valence-electron chi connectivity index (χ3n) is 4.72. The molecular formula is C15H19NO4.